The first-order chi connectivity index (χ1) is 8.25. The van der Waals surface area contributed by atoms with Gasteiger partial charge in [-0.05, 0) is 18.4 Å². The van der Waals surface area contributed by atoms with Crippen molar-refractivity contribution in [1.82, 2.24) is 0 Å². The molecule has 0 unspecified atom stereocenters. The summed E-state index contributed by atoms with van der Waals surface area (Å²) in [4.78, 5) is 0. The molecule has 0 aliphatic heterocycles. The van der Waals surface area contributed by atoms with E-state index >= 15 is 0 Å². The van der Waals surface area contributed by atoms with Crippen LogP contribution in [-0.2, 0) is 0 Å². The summed E-state index contributed by atoms with van der Waals surface area (Å²) in [6, 6.07) is 0. The average Bonchev–Trinajstić information content (AvgIpc) is 3.19. The molecule has 0 spiro atoms. The van der Waals surface area contributed by atoms with Crippen molar-refractivity contribution in [1.29, 1.82) is 0 Å². The van der Waals surface area contributed by atoms with Gasteiger partial charge < -0.3 is 0 Å². The van der Waals surface area contributed by atoms with Crippen LogP contribution in [0, 0.1) is 5.41 Å². The zero-order chi connectivity index (χ0) is 13.7. The van der Waals surface area contributed by atoms with Crippen molar-refractivity contribution in [3.8, 4) is 0 Å². The Morgan fingerprint density at radius 1 is 0.941 bits per heavy atom. The highest BCUT2D eigenvalue weighted by molar-refractivity contribution is 5.36. The first-order valence-corrected chi connectivity index (χ1v) is 6.54. The quantitative estimate of drug-likeness (QED) is 0.521. The summed E-state index contributed by atoms with van der Waals surface area (Å²) in [6.07, 6.45) is 14.2. The number of rotatable bonds is 5. The van der Waals surface area contributed by atoms with Gasteiger partial charge in [-0.1, -0.05) is 83.9 Å². The highest BCUT2D eigenvalue weighted by Gasteiger charge is 2.41. The van der Waals surface area contributed by atoms with Crippen LogP contribution in [0.25, 0.3) is 0 Å². The van der Waals surface area contributed by atoms with Gasteiger partial charge >= 0.3 is 0 Å². The minimum Gasteiger partial charge on any atom is -0.0991 e. The smallest absolute Gasteiger partial charge is 0.0130 e. The molecule has 17 heavy (non-hydrogen) atoms. The Hall–Kier alpha value is -1.30. The molecule has 1 fully saturated rings. The topological polar surface area (TPSA) is 0 Å². The second kappa shape index (κ2) is 11.2. The molecule has 0 nitrogen and oxygen atoms in total. The lowest BCUT2D eigenvalue weighted by Crippen LogP contribution is -1.96. The first kappa shape index (κ1) is 18.1. The van der Waals surface area contributed by atoms with Gasteiger partial charge in [0.15, 0.2) is 0 Å². The molecular weight excluding hydrogens is 204 g/mol. The van der Waals surface area contributed by atoms with Crippen molar-refractivity contribution >= 4 is 0 Å². The van der Waals surface area contributed by atoms with Gasteiger partial charge in [0.05, 0.1) is 0 Å². The molecule has 1 saturated carbocycles. The Bertz CT molecular complexity index is 272. The van der Waals surface area contributed by atoms with Crippen LogP contribution in [0.3, 0.4) is 0 Å². The molecule has 0 aromatic heterocycles. The van der Waals surface area contributed by atoms with E-state index in [0.717, 1.165) is 0 Å². The van der Waals surface area contributed by atoms with Gasteiger partial charge in [0.2, 0.25) is 0 Å². The molecule has 0 bridgehead atoms. The second-order valence-electron chi connectivity index (χ2n) is 3.37. The van der Waals surface area contributed by atoms with Crippen molar-refractivity contribution in [3.63, 3.8) is 0 Å². The van der Waals surface area contributed by atoms with Gasteiger partial charge in [-0.2, -0.15) is 0 Å². The van der Waals surface area contributed by atoms with Gasteiger partial charge in [0.25, 0.3) is 0 Å². The highest BCUT2D eigenvalue weighted by Crippen LogP contribution is 2.53. The van der Waals surface area contributed by atoms with Crippen molar-refractivity contribution in [2.75, 3.05) is 0 Å². The summed E-state index contributed by atoms with van der Waals surface area (Å²) in [7, 11) is 0. The van der Waals surface area contributed by atoms with E-state index in [2.05, 4.69) is 25.8 Å². The first-order valence-electron chi connectivity index (χ1n) is 6.54. The minimum absolute atomic E-state index is 0.230. The highest BCUT2D eigenvalue weighted by atomic mass is 14.4. The predicted octanol–water partition coefficient (Wildman–Crippen LogP) is 5.86. The fourth-order valence-corrected chi connectivity index (χ4v) is 1.33. The summed E-state index contributed by atoms with van der Waals surface area (Å²) >= 11 is 0. The average molecular weight is 232 g/mol. The maximum absolute atomic E-state index is 4.06. The van der Waals surface area contributed by atoms with Crippen LogP contribution in [0.2, 0.25) is 0 Å². The molecule has 0 aromatic rings. The van der Waals surface area contributed by atoms with Gasteiger partial charge in [0.1, 0.15) is 0 Å². The van der Waals surface area contributed by atoms with Crippen LogP contribution in [0.1, 0.15) is 40.5 Å². The third kappa shape index (κ3) is 6.78. The molecule has 0 radical (unpaired) electrons. The lowest BCUT2D eigenvalue weighted by molar-refractivity contribution is 0.814. The largest absolute Gasteiger partial charge is 0.0991 e. The zero-order valence-electron chi connectivity index (χ0n) is 12.0. The fourth-order valence-electron chi connectivity index (χ4n) is 1.33. The molecule has 0 atom stereocenters. The molecule has 96 valence electrons. The monoisotopic (exact) mass is 232 g/mol. The number of hydrogen-bond acceptors (Lipinski definition) is 0. The third-order valence-corrected chi connectivity index (χ3v) is 2.41. The van der Waals surface area contributed by atoms with E-state index in [1.165, 1.54) is 18.4 Å². The molecule has 0 N–H and O–H groups in total. The van der Waals surface area contributed by atoms with Crippen LogP contribution in [0.5, 0.6) is 0 Å². The van der Waals surface area contributed by atoms with Gasteiger partial charge in [0, 0.05) is 5.41 Å². The number of allylic oxidation sites excluding steroid dienone is 7. The molecule has 0 heteroatoms. The van der Waals surface area contributed by atoms with Crippen LogP contribution < -0.4 is 0 Å². The SMILES string of the molecule is C=C/C=C\C(=C)C1(/C=C\C=C)CC1.CC.CC. The molecule has 1 aliphatic carbocycles. The fraction of sp³-hybridized carbons (Fsp3) is 0.412. The Kier molecular flexibility index (Phi) is 11.9. The van der Waals surface area contributed by atoms with E-state index in [9.17, 15) is 0 Å². The van der Waals surface area contributed by atoms with Crippen molar-refractivity contribution in [2.24, 2.45) is 5.41 Å². The lowest BCUT2D eigenvalue weighted by atomic mass is 9.96. The maximum atomic E-state index is 4.06. The van der Waals surface area contributed by atoms with Crippen LogP contribution in [0.15, 0.2) is 61.8 Å². The number of hydrogen-bond donors (Lipinski definition) is 0. The molecule has 0 aromatic carbocycles. The Balaban J connectivity index is 0. The van der Waals surface area contributed by atoms with Crippen molar-refractivity contribution < 1.29 is 0 Å². The van der Waals surface area contributed by atoms with Gasteiger partial charge in [-0.25, -0.2) is 0 Å². The Morgan fingerprint density at radius 2 is 1.41 bits per heavy atom. The Labute approximate surface area is 108 Å². The Morgan fingerprint density at radius 3 is 1.76 bits per heavy atom. The van der Waals surface area contributed by atoms with E-state index in [1.54, 1.807) is 6.08 Å². The summed E-state index contributed by atoms with van der Waals surface area (Å²) in [6.45, 7) is 19.4. The minimum atomic E-state index is 0.230. The molecule has 0 amide bonds. The summed E-state index contributed by atoms with van der Waals surface area (Å²) in [5.41, 5.74) is 1.40. The maximum Gasteiger partial charge on any atom is 0.0130 e. The van der Waals surface area contributed by atoms with Crippen molar-refractivity contribution in [3.05, 3.63) is 61.8 Å². The van der Waals surface area contributed by atoms with E-state index < -0.39 is 0 Å². The van der Waals surface area contributed by atoms with Crippen molar-refractivity contribution in [2.45, 2.75) is 40.5 Å². The normalized spacial score (nSPS) is 15.3. The standard InChI is InChI=1S/C13H16.2C2H6/c1-4-6-8-12(3)13(10-11-13)9-7-5-2;2*1-2/h4-9H,1-3,10-11H2;2*1-2H3/b8-6-,9-7-;;. The zero-order valence-corrected chi connectivity index (χ0v) is 12.0. The molecular formula is C17H28. The molecule has 1 aliphatic rings. The van der Waals surface area contributed by atoms with E-state index in [0.29, 0.717) is 0 Å². The summed E-state index contributed by atoms with van der Waals surface area (Å²) in [5.74, 6) is 0. The van der Waals surface area contributed by atoms with Crippen LogP contribution >= 0.6 is 0 Å². The van der Waals surface area contributed by atoms with Crippen LogP contribution in [0.4, 0.5) is 0 Å². The predicted molar refractivity (Wildman–Crippen MR) is 82.2 cm³/mol. The molecule has 0 saturated heterocycles. The van der Waals surface area contributed by atoms with Crippen LogP contribution in [-0.4, -0.2) is 0 Å². The third-order valence-electron chi connectivity index (χ3n) is 2.41. The summed E-state index contributed by atoms with van der Waals surface area (Å²) in [5, 5.41) is 0. The van der Waals surface area contributed by atoms with E-state index in [-0.39, 0.29) is 5.41 Å². The molecule has 0 heterocycles. The van der Waals surface area contributed by atoms with E-state index in [1.807, 2.05) is 52.0 Å². The molecule has 1 rings (SSSR count). The van der Waals surface area contributed by atoms with Gasteiger partial charge in [-0.15, -0.1) is 0 Å². The van der Waals surface area contributed by atoms with E-state index in [4.69, 9.17) is 0 Å². The lowest BCUT2D eigenvalue weighted by Gasteiger charge is -2.08. The van der Waals surface area contributed by atoms with Gasteiger partial charge in [-0.3, -0.25) is 0 Å². The second-order valence-corrected chi connectivity index (χ2v) is 3.37. The summed E-state index contributed by atoms with van der Waals surface area (Å²) < 4.78 is 0.